The molecule has 0 bridgehead atoms. The van der Waals surface area contributed by atoms with Crippen LogP contribution in [0, 0.1) is 5.92 Å². The van der Waals surface area contributed by atoms with Gasteiger partial charge in [-0.1, -0.05) is 6.42 Å². The molecule has 0 aliphatic carbocycles. The summed E-state index contributed by atoms with van der Waals surface area (Å²) in [5.74, 6) is 1.39. The van der Waals surface area contributed by atoms with Crippen LogP contribution in [-0.4, -0.2) is 60.3 Å². The summed E-state index contributed by atoms with van der Waals surface area (Å²) in [4.78, 5) is 16.6. The van der Waals surface area contributed by atoms with Crippen molar-refractivity contribution >= 4 is 11.7 Å². The van der Waals surface area contributed by atoms with Gasteiger partial charge in [-0.3, -0.25) is 4.79 Å². The number of rotatable bonds is 4. The molecule has 6 heteroatoms. The van der Waals surface area contributed by atoms with Gasteiger partial charge in [0.15, 0.2) is 11.5 Å². The minimum absolute atomic E-state index is 0.190. The average molecular weight is 331 g/mol. The lowest BCUT2D eigenvalue weighted by Crippen LogP contribution is -2.45. The standard InChI is InChI=1S/C18H29N5O/c1-14-6-3-4-10-22(14)12-15-7-5-11-23(13-15)17-9-8-16(20-21-17)18(24)19-2/h8-9,14-15H,3-7,10-13H2,1-2H3,(H,19,24). The molecule has 6 nitrogen and oxygen atoms in total. The minimum atomic E-state index is -0.190. The van der Waals surface area contributed by atoms with Gasteiger partial charge in [0.1, 0.15) is 0 Å². The fourth-order valence-corrected chi connectivity index (χ4v) is 3.93. The van der Waals surface area contributed by atoms with Crippen LogP contribution in [0.2, 0.25) is 0 Å². The maximum absolute atomic E-state index is 11.6. The molecule has 1 amide bonds. The van der Waals surface area contributed by atoms with Gasteiger partial charge < -0.3 is 15.1 Å². The molecule has 0 radical (unpaired) electrons. The molecular formula is C18H29N5O. The molecule has 3 rings (SSSR count). The molecular weight excluding hydrogens is 302 g/mol. The van der Waals surface area contributed by atoms with Gasteiger partial charge in [0.05, 0.1) is 0 Å². The van der Waals surface area contributed by atoms with Crippen molar-refractivity contribution < 1.29 is 4.79 Å². The van der Waals surface area contributed by atoms with Crippen molar-refractivity contribution in [2.75, 3.05) is 38.1 Å². The van der Waals surface area contributed by atoms with E-state index in [1.807, 2.05) is 6.07 Å². The molecule has 2 unspecified atom stereocenters. The molecule has 132 valence electrons. The van der Waals surface area contributed by atoms with Gasteiger partial charge in [-0.15, -0.1) is 10.2 Å². The van der Waals surface area contributed by atoms with Crippen LogP contribution in [0.1, 0.15) is 49.5 Å². The van der Waals surface area contributed by atoms with Crippen molar-refractivity contribution in [2.45, 2.75) is 45.1 Å². The van der Waals surface area contributed by atoms with Gasteiger partial charge in [-0.05, 0) is 57.2 Å². The average Bonchev–Trinajstić information content (AvgIpc) is 2.63. The number of carbonyl (C=O) groups excluding carboxylic acids is 1. The third kappa shape index (κ3) is 4.04. The maximum Gasteiger partial charge on any atom is 0.271 e. The summed E-state index contributed by atoms with van der Waals surface area (Å²) in [5.41, 5.74) is 0.372. The second kappa shape index (κ2) is 7.92. The third-order valence-electron chi connectivity index (χ3n) is 5.39. The van der Waals surface area contributed by atoms with Crippen molar-refractivity contribution in [1.29, 1.82) is 0 Å². The lowest BCUT2D eigenvalue weighted by molar-refractivity contribution is 0.0957. The summed E-state index contributed by atoms with van der Waals surface area (Å²) in [6, 6.07) is 4.40. The summed E-state index contributed by atoms with van der Waals surface area (Å²) in [6.07, 6.45) is 6.55. The van der Waals surface area contributed by atoms with E-state index in [4.69, 9.17) is 0 Å². The predicted molar refractivity (Wildman–Crippen MR) is 95.2 cm³/mol. The minimum Gasteiger partial charge on any atom is -0.355 e. The van der Waals surface area contributed by atoms with E-state index in [0.717, 1.165) is 24.9 Å². The number of carbonyl (C=O) groups is 1. The first kappa shape index (κ1) is 17.1. The molecule has 2 atom stereocenters. The first-order chi connectivity index (χ1) is 11.7. The zero-order valence-corrected chi connectivity index (χ0v) is 14.9. The van der Waals surface area contributed by atoms with Gasteiger partial charge >= 0.3 is 0 Å². The molecule has 3 heterocycles. The fraction of sp³-hybridized carbons (Fsp3) is 0.722. The molecule has 2 saturated heterocycles. The second-order valence-corrected chi connectivity index (χ2v) is 7.15. The van der Waals surface area contributed by atoms with Crippen LogP contribution in [0.4, 0.5) is 5.82 Å². The number of nitrogens with one attached hydrogen (secondary N) is 1. The Morgan fingerprint density at radius 1 is 1.21 bits per heavy atom. The van der Waals surface area contributed by atoms with Crippen LogP contribution < -0.4 is 10.2 Å². The molecule has 1 aromatic heterocycles. The van der Waals surface area contributed by atoms with E-state index in [-0.39, 0.29) is 5.91 Å². The Bertz CT molecular complexity index is 547. The van der Waals surface area contributed by atoms with Gasteiger partial charge in [0, 0.05) is 32.7 Å². The summed E-state index contributed by atoms with van der Waals surface area (Å²) in [7, 11) is 1.61. The van der Waals surface area contributed by atoms with E-state index in [2.05, 4.69) is 32.2 Å². The molecule has 0 spiro atoms. The Hall–Kier alpha value is -1.69. The molecule has 24 heavy (non-hydrogen) atoms. The number of hydrogen-bond donors (Lipinski definition) is 1. The monoisotopic (exact) mass is 331 g/mol. The molecule has 2 aliphatic rings. The van der Waals surface area contributed by atoms with Crippen molar-refractivity contribution in [3.63, 3.8) is 0 Å². The first-order valence-corrected chi connectivity index (χ1v) is 9.22. The summed E-state index contributed by atoms with van der Waals surface area (Å²) in [6.45, 7) is 6.87. The lowest BCUT2D eigenvalue weighted by atomic mass is 9.95. The van der Waals surface area contributed by atoms with Crippen LogP contribution in [0.25, 0.3) is 0 Å². The predicted octanol–water partition coefficient (Wildman–Crippen LogP) is 1.93. The Kier molecular flexibility index (Phi) is 5.66. The number of amides is 1. The van der Waals surface area contributed by atoms with Crippen LogP contribution in [0.3, 0.4) is 0 Å². The number of nitrogens with zero attached hydrogens (tertiary/aromatic N) is 4. The summed E-state index contributed by atoms with van der Waals surface area (Å²) >= 11 is 0. The number of likely N-dealkylation sites (tertiary alicyclic amines) is 1. The second-order valence-electron chi connectivity index (χ2n) is 7.15. The van der Waals surface area contributed by atoms with Gasteiger partial charge in [-0.25, -0.2) is 0 Å². The van der Waals surface area contributed by atoms with E-state index in [1.165, 1.54) is 45.2 Å². The first-order valence-electron chi connectivity index (χ1n) is 9.22. The van der Waals surface area contributed by atoms with Gasteiger partial charge in [0.2, 0.25) is 0 Å². The van der Waals surface area contributed by atoms with Crippen LogP contribution in [0.5, 0.6) is 0 Å². The Morgan fingerprint density at radius 2 is 2.08 bits per heavy atom. The highest BCUT2D eigenvalue weighted by atomic mass is 16.1. The van der Waals surface area contributed by atoms with E-state index in [0.29, 0.717) is 11.6 Å². The molecule has 1 N–H and O–H groups in total. The zero-order valence-electron chi connectivity index (χ0n) is 14.9. The topological polar surface area (TPSA) is 61.4 Å². The van der Waals surface area contributed by atoms with Crippen LogP contribution in [0.15, 0.2) is 12.1 Å². The summed E-state index contributed by atoms with van der Waals surface area (Å²) in [5, 5.41) is 10.9. The van der Waals surface area contributed by atoms with Crippen molar-refractivity contribution in [1.82, 2.24) is 20.4 Å². The Morgan fingerprint density at radius 3 is 2.79 bits per heavy atom. The number of aromatic nitrogens is 2. The SMILES string of the molecule is CNC(=O)c1ccc(N2CCCC(CN3CCCCC3C)C2)nn1. The molecule has 0 aromatic carbocycles. The number of anilines is 1. The highest BCUT2D eigenvalue weighted by molar-refractivity contribution is 5.91. The van der Waals surface area contributed by atoms with E-state index >= 15 is 0 Å². The third-order valence-corrected chi connectivity index (χ3v) is 5.39. The smallest absolute Gasteiger partial charge is 0.271 e. The van der Waals surface area contributed by atoms with Crippen molar-refractivity contribution in [3.8, 4) is 0 Å². The normalized spacial score (nSPS) is 25.5. The Labute approximate surface area is 144 Å². The van der Waals surface area contributed by atoms with Crippen LogP contribution >= 0.6 is 0 Å². The van der Waals surface area contributed by atoms with Gasteiger partial charge in [0.25, 0.3) is 5.91 Å². The largest absolute Gasteiger partial charge is 0.355 e. The molecule has 0 saturated carbocycles. The van der Waals surface area contributed by atoms with E-state index in [1.54, 1.807) is 13.1 Å². The van der Waals surface area contributed by atoms with Crippen LogP contribution in [-0.2, 0) is 0 Å². The molecule has 2 aliphatic heterocycles. The number of piperidine rings is 2. The van der Waals surface area contributed by atoms with Gasteiger partial charge in [-0.2, -0.15) is 0 Å². The van der Waals surface area contributed by atoms with E-state index < -0.39 is 0 Å². The number of hydrogen-bond acceptors (Lipinski definition) is 5. The maximum atomic E-state index is 11.6. The van der Waals surface area contributed by atoms with E-state index in [9.17, 15) is 4.79 Å². The highest BCUT2D eigenvalue weighted by Gasteiger charge is 2.26. The Balaban J connectivity index is 1.59. The van der Waals surface area contributed by atoms with Crippen molar-refractivity contribution in [2.24, 2.45) is 5.92 Å². The lowest BCUT2D eigenvalue weighted by Gasteiger charge is -2.39. The summed E-state index contributed by atoms with van der Waals surface area (Å²) < 4.78 is 0. The van der Waals surface area contributed by atoms with Crippen molar-refractivity contribution in [3.05, 3.63) is 17.8 Å². The fourth-order valence-electron chi connectivity index (χ4n) is 3.93. The highest BCUT2D eigenvalue weighted by Crippen LogP contribution is 2.25. The molecule has 2 fully saturated rings. The molecule has 1 aromatic rings. The zero-order chi connectivity index (χ0) is 16.9. The quantitative estimate of drug-likeness (QED) is 0.913.